The summed E-state index contributed by atoms with van der Waals surface area (Å²) in [6.45, 7) is 5.61. The van der Waals surface area contributed by atoms with Crippen LogP contribution in [0.2, 0.25) is 0 Å². The minimum Gasteiger partial charge on any atom is -0.381 e. The first-order chi connectivity index (χ1) is 7.93. The van der Waals surface area contributed by atoms with Gasteiger partial charge in [0.1, 0.15) is 0 Å². The molecule has 1 aromatic carbocycles. The summed E-state index contributed by atoms with van der Waals surface area (Å²) >= 11 is 0. The molecule has 2 rings (SSSR count). The maximum Gasteiger partial charge on any atom is 0.441 e. The standard InChI is InChI=1S/C8H12O3P.C4H8O/c1-6-4-3-5-8(7(6)2)12(9,10)11;1-2-4-5-3-1/h3-5,9-11H,1-2H3;1-4H2/q+1;. The van der Waals surface area contributed by atoms with Gasteiger partial charge in [0.15, 0.2) is 5.30 Å². The third-order valence-electron chi connectivity index (χ3n) is 2.73. The van der Waals surface area contributed by atoms with Crippen molar-refractivity contribution in [2.24, 2.45) is 0 Å². The smallest absolute Gasteiger partial charge is 0.381 e. The van der Waals surface area contributed by atoms with Crippen LogP contribution in [0.1, 0.15) is 24.0 Å². The molecule has 1 aliphatic heterocycles. The lowest BCUT2D eigenvalue weighted by molar-refractivity contribution is 0.198. The monoisotopic (exact) mass is 259 g/mol. The van der Waals surface area contributed by atoms with Gasteiger partial charge in [0.25, 0.3) is 0 Å². The van der Waals surface area contributed by atoms with Gasteiger partial charge in [-0.15, -0.1) is 0 Å². The second kappa shape index (κ2) is 6.43. The van der Waals surface area contributed by atoms with Crippen molar-refractivity contribution in [1.29, 1.82) is 0 Å². The van der Waals surface area contributed by atoms with E-state index < -0.39 is 7.94 Å². The average Bonchev–Trinajstić information content (AvgIpc) is 2.78. The van der Waals surface area contributed by atoms with E-state index in [9.17, 15) is 0 Å². The van der Waals surface area contributed by atoms with E-state index in [1.807, 2.05) is 13.0 Å². The summed E-state index contributed by atoms with van der Waals surface area (Å²) in [6.07, 6.45) is 2.56. The van der Waals surface area contributed by atoms with E-state index in [1.54, 1.807) is 13.0 Å². The number of hydrogen-bond acceptors (Lipinski definition) is 4. The first kappa shape index (κ1) is 14.6. The van der Waals surface area contributed by atoms with Gasteiger partial charge in [-0.3, -0.25) is 0 Å². The molecule has 1 aromatic rings. The molecule has 96 valence electrons. The van der Waals surface area contributed by atoms with Crippen molar-refractivity contribution < 1.29 is 19.4 Å². The van der Waals surface area contributed by atoms with Crippen LogP contribution >= 0.6 is 7.94 Å². The number of ether oxygens (including phenoxy) is 1. The summed E-state index contributed by atoms with van der Waals surface area (Å²) in [5.74, 6) is 0. The average molecular weight is 259 g/mol. The maximum absolute atomic E-state index is 9.02. The molecule has 0 unspecified atom stereocenters. The van der Waals surface area contributed by atoms with E-state index in [-0.39, 0.29) is 5.30 Å². The molecule has 4 nitrogen and oxygen atoms in total. The fraction of sp³-hybridized carbons (Fsp3) is 0.500. The van der Waals surface area contributed by atoms with Gasteiger partial charge in [0, 0.05) is 18.8 Å². The Morgan fingerprint density at radius 1 is 1.06 bits per heavy atom. The Morgan fingerprint density at radius 3 is 2.00 bits per heavy atom. The lowest BCUT2D eigenvalue weighted by Crippen LogP contribution is -2.13. The molecule has 0 bridgehead atoms. The van der Waals surface area contributed by atoms with Gasteiger partial charge in [0.05, 0.1) is 0 Å². The summed E-state index contributed by atoms with van der Waals surface area (Å²) < 4.78 is 4.94. The fourth-order valence-electron chi connectivity index (χ4n) is 1.57. The predicted molar refractivity (Wildman–Crippen MR) is 69.2 cm³/mol. The van der Waals surface area contributed by atoms with Crippen molar-refractivity contribution in [3.05, 3.63) is 29.3 Å². The minimum absolute atomic E-state index is 0.238. The Bertz CT molecular complexity index is 348. The summed E-state index contributed by atoms with van der Waals surface area (Å²) in [5.41, 5.74) is 1.67. The molecular formula is C12H20O4P+. The number of benzene rings is 1. The van der Waals surface area contributed by atoms with E-state index in [2.05, 4.69) is 0 Å². The molecule has 0 aliphatic carbocycles. The molecule has 0 amide bonds. The zero-order valence-corrected chi connectivity index (χ0v) is 11.2. The Hall–Kier alpha value is -0.510. The molecule has 0 radical (unpaired) electrons. The largest absolute Gasteiger partial charge is 0.441 e. The first-order valence-corrected chi connectivity index (χ1v) is 7.29. The highest BCUT2D eigenvalue weighted by Crippen LogP contribution is 2.44. The molecule has 1 aliphatic rings. The Morgan fingerprint density at radius 2 is 1.65 bits per heavy atom. The normalized spacial score (nSPS) is 15.4. The summed E-state index contributed by atoms with van der Waals surface area (Å²) in [5, 5.41) is 0.238. The van der Waals surface area contributed by atoms with E-state index >= 15 is 0 Å². The van der Waals surface area contributed by atoms with Crippen LogP contribution in [0, 0.1) is 13.8 Å². The van der Waals surface area contributed by atoms with E-state index in [1.165, 1.54) is 18.9 Å². The second-order valence-electron chi connectivity index (χ2n) is 4.11. The predicted octanol–water partition coefficient (Wildman–Crippen LogP) is 1.47. The minimum atomic E-state index is -3.83. The summed E-state index contributed by atoms with van der Waals surface area (Å²) in [4.78, 5) is 27.0. The molecule has 3 N–H and O–H groups in total. The third-order valence-corrected chi connectivity index (χ3v) is 3.86. The zero-order valence-electron chi connectivity index (χ0n) is 10.3. The highest BCUT2D eigenvalue weighted by molar-refractivity contribution is 7.66. The number of aryl methyl sites for hydroxylation is 1. The van der Waals surface area contributed by atoms with Gasteiger partial charge in [-0.05, 0) is 38.3 Å². The molecule has 0 atom stereocenters. The van der Waals surface area contributed by atoms with E-state index in [4.69, 9.17) is 19.4 Å². The van der Waals surface area contributed by atoms with Gasteiger partial charge in [-0.1, -0.05) is 12.1 Å². The molecule has 1 fully saturated rings. The van der Waals surface area contributed by atoms with Gasteiger partial charge in [0.2, 0.25) is 0 Å². The van der Waals surface area contributed by atoms with Gasteiger partial charge in [-0.2, -0.15) is 14.7 Å². The summed E-state index contributed by atoms with van der Waals surface area (Å²) in [7, 11) is -3.83. The van der Waals surface area contributed by atoms with Gasteiger partial charge < -0.3 is 4.74 Å². The molecule has 0 spiro atoms. The quantitative estimate of drug-likeness (QED) is 0.668. The Labute approximate surface area is 102 Å². The Balaban J connectivity index is 0.000000239. The molecule has 1 heterocycles. The van der Waals surface area contributed by atoms with Crippen molar-refractivity contribution in [3.8, 4) is 0 Å². The van der Waals surface area contributed by atoms with Crippen molar-refractivity contribution in [2.45, 2.75) is 26.7 Å². The highest BCUT2D eigenvalue weighted by Gasteiger charge is 2.35. The van der Waals surface area contributed by atoms with Crippen molar-refractivity contribution in [1.82, 2.24) is 0 Å². The lowest BCUT2D eigenvalue weighted by atomic mass is 10.1. The van der Waals surface area contributed by atoms with Crippen molar-refractivity contribution in [3.63, 3.8) is 0 Å². The van der Waals surface area contributed by atoms with Crippen LogP contribution in [-0.2, 0) is 4.74 Å². The van der Waals surface area contributed by atoms with Crippen molar-refractivity contribution in [2.75, 3.05) is 13.2 Å². The van der Waals surface area contributed by atoms with Crippen LogP contribution in [0.4, 0.5) is 0 Å². The van der Waals surface area contributed by atoms with Gasteiger partial charge in [-0.25, -0.2) is 0 Å². The molecule has 1 saturated heterocycles. The first-order valence-electron chi connectivity index (χ1n) is 5.64. The van der Waals surface area contributed by atoms with Crippen LogP contribution in [0.5, 0.6) is 0 Å². The topological polar surface area (TPSA) is 69.9 Å². The molecule has 0 saturated carbocycles. The van der Waals surface area contributed by atoms with Crippen LogP contribution in [0.3, 0.4) is 0 Å². The zero-order chi connectivity index (χ0) is 12.9. The second-order valence-corrected chi connectivity index (χ2v) is 5.73. The Kier molecular flexibility index (Phi) is 5.50. The molecule has 0 aromatic heterocycles. The van der Waals surface area contributed by atoms with Crippen LogP contribution < -0.4 is 5.30 Å². The number of hydrogen-bond donors (Lipinski definition) is 3. The number of rotatable bonds is 1. The molecule has 5 heteroatoms. The van der Waals surface area contributed by atoms with E-state index in [0.717, 1.165) is 24.3 Å². The van der Waals surface area contributed by atoms with Crippen LogP contribution in [-0.4, -0.2) is 27.9 Å². The van der Waals surface area contributed by atoms with E-state index in [0.29, 0.717) is 0 Å². The van der Waals surface area contributed by atoms with Crippen LogP contribution in [0.25, 0.3) is 0 Å². The SMILES string of the molecule is C1CCOC1.Cc1cccc([P+](O)(O)O)c1C. The van der Waals surface area contributed by atoms with Crippen molar-refractivity contribution >= 4 is 13.2 Å². The molecule has 17 heavy (non-hydrogen) atoms. The third kappa shape index (κ3) is 4.70. The lowest BCUT2D eigenvalue weighted by Gasteiger charge is -2.07. The summed E-state index contributed by atoms with van der Waals surface area (Å²) in [6, 6.07) is 5.07. The fourth-order valence-corrected chi connectivity index (χ4v) is 2.48. The maximum atomic E-state index is 9.02. The van der Waals surface area contributed by atoms with Crippen LogP contribution in [0.15, 0.2) is 18.2 Å². The highest BCUT2D eigenvalue weighted by atomic mass is 31.2. The van der Waals surface area contributed by atoms with Gasteiger partial charge >= 0.3 is 7.94 Å². The molecular weight excluding hydrogens is 239 g/mol.